The molecule has 1 aromatic carbocycles. The topological polar surface area (TPSA) is 62.1 Å². The highest BCUT2D eigenvalue weighted by Gasteiger charge is 2.18. The molecule has 0 spiro atoms. The van der Waals surface area contributed by atoms with E-state index in [2.05, 4.69) is 27.3 Å². The Morgan fingerprint density at radius 2 is 2.28 bits per heavy atom. The van der Waals surface area contributed by atoms with Gasteiger partial charge in [-0.2, -0.15) is 5.26 Å². The number of carbonyl (C=O) groups is 1. The summed E-state index contributed by atoms with van der Waals surface area (Å²) in [6, 6.07) is 6.85. The molecule has 0 aromatic heterocycles. The van der Waals surface area contributed by atoms with Crippen molar-refractivity contribution in [1.82, 2.24) is 0 Å². The van der Waals surface area contributed by atoms with Gasteiger partial charge in [-0.1, -0.05) is 6.92 Å². The van der Waals surface area contributed by atoms with E-state index in [4.69, 9.17) is 10.00 Å². The molecule has 0 aliphatic carbocycles. The summed E-state index contributed by atoms with van der Waals surface area (Å²) in [5.74, 6) is -0.267. The van der Waals surface area contributed by atoms with Crippen LogP contribution in [0, 0.1) is 11.3 Å². The number of esters is 1. The number of anilines is 1. The summed E-state index contributed by atoms with van der Waals surface area (Å²) < 4.78 is 5.74. The van der Waals surface area contributed by atoms with Crippen molar-refractivity contribution < 1.29 is 9.53 Å². The molecule has 1 N–H and O–H groups in total. The van der Waals surface area contributed by atoms with Crippen LogP contribution < -0.4 is 5.32 Å². The minimum atomic E-state index is -0.380. The zero-order valence-electron chi connectivity index (χ0n) is 10.4. The fourth-order valence-electron chi connectivity index (χ4n) is 1.46. The standard InChI is InChI=1S/C13H15BrN2O2/c1-3-11(13(17)18-4-2)16-12-6-5-9(8-15)7-10(12)14/h5-7,11,16H,3-4H2,1-2H3. The number of nitrogens with one attached hydrogen (secondary N) is 1. The molecule has 0 aliphatic rings. The number of rotatable bonds is 5. The SMILES string of the molecule is CCOC(=O)C(CC)Nc1ccc(C#N)cc1Br. The zero-order valence-corrected chi connectivity index (χ0v) is 12.0. The average molecular weight is 311 g/mol. The molecule has 1 unspecified atom stereocenters. The van der Waals surface area contributed by atoms with Crippen molar-refractivity contribution in [2.45, 2.75) is 26.3 Å². The zero-order chi connectivity index (χ0) is 13.5. The fourth-order valence-corrected chi connectivity index (χ4v) is 1.95. The maximum Gasteiger partial charge on any atom is 0.328 e. The van der Waals surface area contributed by atoms with Crippen LogP contribution in [0.1, 0.15) is 25.8 Å². The number of hydrogen-bond acceptors (Lipinski definition) is 4. The number of nitriles is 1. The van der Waals surface area contributed by atoms with Gasteiger partial charge in [0.1, 0.15) is 6.04 Å². The Bertz CT molecular complexity index is 469. The molecule has 1 aromatic rings. The van der Waals surface area contributed by atoms with Gasteiger partial charge in [-0.05, 0) is 47.5 Å². The Hall–Kier alpha value is -1.54. The largest absolute Gasteiger partial charge is 0.464 e. The van der Waals surface area contributed by atoms with Gasteiger partial charge >= 0.3 is 5.97 Å². The maximum atomic E-state index is 11.7. The third-order valence-corrected chi connectivity index (χ3v) is 3.06. The molecule has 18 heavy (non-hydrogen) atoms. The highest BCUT2D eigenvalue weighted by atomic mass is 79.9. The second-order valence-electron chi connectivity index (χ2n) is 3.66. The van der Waals surface area contributed by atoms with Gasteiger partial charge in [0.2, 0.25) is 0 Å². The number of benzene rings is 1. The lowest BCUT2D eigenvalue weighted by atomic mass is 10.2. The van der Waals surface area contributed by atoms with E-state index in [1.54, 1.807) is 25.1 Å². The van der Waals surface area contributed by atoms with Gasteiger partial charge in [0.25, 0.3) is 0 Å². The van der Waals surface area contributed by atoms with Crippen molar-refractivity contribution in [2.75, 3.05) is 11.9 Å². The van der Waals surface area contributed by atoms with E-state index in [9.17, 15) is 4.79 Å². The Kier molecular flexibility index (Phi) is 5.66. The van der Waals surface area contributed by atoms with Crippen molar-refractivity contribution in [3.63, 3.8) is 0 Å². The first-order valence-electron chi connectivity index (χ1n) is 5.75. The van der Waals surface area contributed by atoms with Gasteiger partial charge in [0, 0.05) is 10.2 Å². The monoisotopic (exact) mass is 310 g/mol. The quantitative estimate of drug-likeness (QED) is 0.849. The molecule has 0 amide bonds. The van der Waals surface area contributed by atoms with Crippen LogP contribution >= 0.6 is 15.9 Å². The number of ether oxygens (including phenoxy) is 1. The second-order valence-corrected chi connectivity index (χ2v) is 4.52. The van der Waals surface area contributed by atoms with E-state index in [1.165, 1.54) is 0 Å². The minimum absolute atomic E-state index is 0.267. The van der Waals surface area contributed by atoms with E-state index < -0.39 is 0 Å². The first kappa shape index (κ1) is 14.5. The summed E-state index contributed by atoms with van der Waals surface area (Å²) in [4.78, 5) is 11.7. The van der Waals surface area contributed by atoms with E-state index in [0.29, 0.717) is 18.6 Å². The van der Waals surface area contributed by atoms with Crippen LogP contribution in [-0.4, -0.2) is 18.6 Å². The molecular weight excluding hydrogens is 296 g/mol. The Balaban J connectivity index is 2.82. The predicted molar refractivity (Wildman–Crippen MR) is 73.2 cm³/mol. The molecule has 1 atom stereocenters. The summed E-state index contributed by atoms with van der Waals surface area (Å²) >= 11 is 3.37. The summed E-state index contributed by atoms with van der Waals surface area (Å²) in [7, 11) is 0. The lowest BCUT2D eigenvalue weighted by Gasteiger charge is -2.17. The van der Waals surface area contributed by atoms with E-state index in [0.717, 1.165) is 10.2 Å². The third kappa shape index (κ3) is 3.74. The van der Waals surface area contributed by atoms with Gasteiger partial charge < -0.3 is 10.1 Å². The van der Waals surface area contributed by atoms with E-state index in [1.807, 2.05) is 6.92 Å². The highest BCUT2D eigenvalue weighted by molar-refractivity contribution is 9.10. The number of hydrogen-bond donors (Lipinski definition) is 1. The van der Waals surface area contributed by atoms with Crippen LogP contribution in [0.5, 0.6) is 0 Å². The summed E-state index contributed by atoms with van der Waals surface area (Å²) in [6.45, 7) is 4.06. The van der Waals surface area contributed by atoms with Crippen LogP contribution in [-0.2, 0) is 9.53 Å². The summed E-state index contributed by atoms with van der Waals surface area (Å²) in [5.41, 5.74) is 1.34. The Labute approximate surface area is 115 Å². The molecule has 0 radical (unpaired) electrons. The van der Waals surface area contributed by atoms with E-state index in [-0.39, 0.29) is 12.0 Å². The second kappa shape index (κ2) is 7.02. The van der Waals surface area contributed by atoms with Crippen molar-refractivity contribution in [3.8, 4) is 6.07 Å². The minimum Gasteiger partial charge on any atom is -0.464 e. The van der Waals surface area contributed by atoms with Crippen LogP contribution in [0.4, 0.5) is 5.69 Å². The van der Waals surface area contributed by atoms with E-state index >= 15 is 0 Å². The van der Waals surface area contributed by atoms with Crippen molar-refractivity contribution in [1.29, 1.82) is 5.26 Å². The lowest BCUT2D eigenvalue weighted by molar-refractivity contribution is -0.144. The maximum absolute atomic E-state index is 11.7. The fraction of sp³-hybridized carbons (Fsp3) is 0.385. The molecule has 5 heteroatoms. The Morgan fingerprint density at radius 3 is 2.78 bits per heavy atom. The predicted octanol–water partition coefficient (Wildman–Crippen LogP) is 3.07. The molecule has 1 rings (SSSR count). The Morgan fingerprint density at radius 1 is 1.56 bits per heavy atom. The van der Waals surface area contributed by atoms with Crippen LogP contribution in [0.25, 0.3) is 0 Å². The third-order valence-electron chi connectivity index (χ3n) is 2.41. The normalized spacial score (nSPS) is 11.4. The van der Waals surface area contributed by atoms with Crippen molar-refractivity contribution >= 4 is 27.6 Å². The van der Waals surface area contributed by atoms with Gasteiger partial charge in [0.15, 0.2) is 0 Å². The molecular formula is C13H15BrN2O2. The molecule has 96 valence electrons. The van der Waals surface area contributed by atoms with Crippen LogP contribution in [0.15, 0.2) is 22.7 Å². The smallest absolute Gasteiger partial charge is 0.328 e. The van der Waals surface area contributed by atoms with Gasteiger partial charge in [-0.3, -0.25) is 0 Å². The summed E-state index contributed by atoms with van der Waals surface area (Å²) in [5, 5.41) is 11.9. The van der Waals surface area contributed by atoms with Crippen molar-refractivity contribution in [2.24, 2.45) is 0 Å². The number of carbonyl (C=O) groups excluding carboxylic acids is 1. The summed E-state index contributed by atoms with van der Waals surface area (Å²) in [6.07, 6.45) is 0.630. The molecule has 0 bridgehead atoms. The number of halogens is 1. The molecule has 0 aliphatic heterocycles. The molecule has 4 nitrogen and oxygen atoms in total. The first-order chi connectivity index (χ1) is 8.62. The average Bonchev–Trinajstić information content (AvgIpc) is 2.37. The van der Waals surface area contributed by atoms with Gasteiger partial charge in [-0.25, -0.2) is 4.79 Å². The molecule has 0 saturated carbocycles. The molecule has 0 heterocycles. The van der Waals surface area contributed by atoms with Crippen molar-refractivity contribution in [3.05, 3.63) is 28.2 Å². The lowest BCUT2D eigenvalue weighted by Crippen LogP contribution is -2.30. The van der Waals surface area contributed by atoms with Gasteiger partial charge in [-0.15, -0.1) is 0 Å². The van der Waals surface area contributed by atoms with Crippen LogP contribution in [0.2, 0.25) is 0 Å². The highest BCUT2D eigenvalue weighted by Crippen LogP contribution is 2.24. The molecule has 0 saturated heterocycles. The number of nitrogens with zero attached hydrogens (tertiary/aromatic N) is 1. The van der Waals surface area contributed by atoms with Crippen LogP contribution in [0.3, 0.4) is 0 Å². The van der Waals surface area contributed by atoms with Gasteiger partial charge in [0.05, 0.1) is 18.2 Å². The molecule has 0 fully saturated rings. The first-order valence-corrected chi connectivity index (χ1v) is 6.54.